The quantitative estimate of drug-likeness (QED) is 0.528. The Morgan fingerprint density at radius 3 is 2.92 bits per heavy atom. The SMILES string of the molecule is C#Cc1cccc(C(C)ON)c1. The summed E-state index contributed by atoms with van der Waals surface area (Å²) in [5.41, 5.74) is 1.84. The van der Waals surface area contributed by atoms with Crippen molar-refractivity contribution >= 4 is 0 Å². The predicted octanol–water partition coefficient (Wildman–Crippen LogP) is 1.62. The van der Waals surface area contributed by atoms with Crippen LogP contribution in [-0.4, -0.2) is 0 Å². The van der Waals surface area contributed by atoms with Gasteiger partial charge in [0, 0.05) is 5.56 Å². The van der Waals surface area contributed by atoms with Gasteiger partial charge in [0.1, 0.15) is 6.10 Å². The monoisotopic (exact) mass is 161 g/mol. The molecule has 1 atom stereocenters. The molecule has 0 saturated carbocycles. The summed E-state index contributed by atoms with van der Waals surface area (Å²) in [6.07, 6.45) is 5.13. The molecule has 0 fully saturated rings. The maximum atomic E-state index is 5.24. The molecule has 1 aromatic rings. The molecule has 0 aromatic heterocycles. The Balaban J connectivity index is 2.95. The zero-order valence-electron chi connectivity index (χ0n) is 6.95. The summed E-state index contributed by atoms with van der Waals surface area (Å²) in [6, 6.07) is 7.57. The minimum absolute atomic E-state index is 0.113. The smallest absolute Gasteiger partial charge is 0.101 e. The van der Waals surface area contributed by atoms with Gasteiger partial charge < -0.3 is 0 Å². The lowest BCUT2D eigenvalue weighted by molar-refractivity contribution is 0.0664. The first-order valence-corrected chi connectivity index (χ1v) is 3.70. The minimum atomic E-state index is -0.113. The fraction of sp³-hybridized carbons (Fsp3) is 0.200. The summed E-state index contributed by atoms with van der Waals surface area (Å²) >= 11 is 0. The molecule has 0 bridgehead atoms. The number of nitrogens with two attached hydrogens (primary N) is 1. The van der Waals surface area contributed by atoms with Crippen molar-refractivity contribution in [2.24, 2.45) is 5.90 Å². The van der Waals surface area contributed by atoms with E-state index in [4.69, 9.17) is 12.3 Å². The van der Waals surface area contributed by atoms with Crippen LogP contribution < -0.4 is 5.90 Å². The van der Waals surface area contributed by atoms with Gasteiger partial charge in [0.15, 0.2) is 0 Å². The molecule has 0 radical (unpaired) electrons. The summed E-state index contributed by atoms with van der Waals surface area (Å²) in [4.78, 5) is 4.67. The van der Waals surface area contributed by atoms with Crippen LogP contribution in [0.3, 0.4) is 0 Å². The molecule has 2 nitrogen and oxygen atoms in total. The molecule has 2 heteroatoms. The van der Waals surface area contributed by atoms with Crippen LogP contribution >= 0.6 is 0 Å². The Morgan fingerprint density at radius 1 is 1.58 bits per heavy atom. The zero-order valence-corrected chi connectivity index (χ0v) is 6.95. The van der Waals surface area contributed by atoms with Crippen LogP contribution in [0, 0.1) is 12.3 Å². The topological polar surface area (TPSA) is 35.2 Å². The number of hydrogen-bond acceptors (Lipinski definition) is 2. The van der Waals surface area contributed by atoms with Crippen molar-refractivity contribution in [3.63, 3.8) is 0 Å². The molecule has 1 rings (SSSR count). The highest BCUT2D eigenvalue weighted by Crippen LogP contribution is 2.15. The largest absolute Gasteiger partial charge is 0.297 e. The van der Waals surface area contributed by atoms with Gasteiger partial charge in [-0.25, -0.2) is 5.90 Å². The lowest BCUT2D eigenvalue weighted by Crippen LogP contribution is -2.05. The Hall–Kier alpha value is -1.30. The Kier molecular flexibility index (Phi) is 2.87. The van der Waals surface area contributed by atoms with Gasteiger partial charge in [0.05, 0.1) is 0 Å². The average molecular weight is 161 g/mol. The molecule has 0 aliphatic rings. The molecule has 0 amide bonds. The van der Waals surface area contributed by atoms with E-state index in [9.17, 15) is 0 Å². The highest BCUT2D eigenvalue weighted by molar-refractivity contribution is 5.35. The summed E-state index contributed by atoms with van der Waals surface area (Å²) in [5.74, 6) is 7.59. The van der Waals surface area contributed by atoms with Crippen molar-refractivity contribution in [3.05, 3.63) is 35.4 Å². The van der Waals surface area contributed by atoms with Crippen LogP contribution in [0.1, 0.15) is 24.2 Å². The second kappa shape index (κ2) is 3.91. The van der Waals surface area contributed by atoms with Crippen molar-refractivity contribution in [2.75, 3.05) is 0 Å². The number of benzene rings is 1. The summed E-state index contributed by atoms with van der Waals surface area (Å²) in [7, 11) is 0. The normalized spacial score (nSPS) is 12.1. The van der Waals surface area contributed by atoms with Crippen molar-refractivity contribution in [3.8, 4) is 12.3 Å². The van der Waals surface area contributed by atoms with E-state index in [1.54, 1.807) is 0 Å². The zero-order chi connectivity index (χ0) is 8.97. The second-order valence-electron chi connectivity index (χ2n) is 2.55. The molecule has 0 aliphatic carbocycles. The van der Waals surface area contributed by atoms with Gasteiger partial charge in [0.2, 0.25) is 0 Å². The van der Waals surface area contributed by atoms with Crippen LogP contribution in [0.15, 0.2) is 24.3 Å². The van der Waals surface area contributed by atoms with Gasteiger partial charge in [-0.05, 0) is 24.6 Å². The summed E-state index contributed by atoms with van der Waals surface area (Å²) < 4.78 is 0. The fourth-order valence-electron chi connectivity index (χ4n) is 0.960. The molecule has 0 saturated heterocycles. The van der Waals surface area contributed by atoms with E-state index < -0.39 is 0 Å². The van der Waals surface area contributed by atoms with E-state index in [0.29, 0.717) is 0 Å². The van der Waals surface area contributed by atoms with Crippen LogP contribution in [-0.2, 0) is 4.84 Å². The third-order valence-electron chi connectivity index (χ3n) is 1.73. The van der Waals surface area contributed by atoms with E-state index in [0.717, 1.165) is 11.1 Å². The maximum absolute atomic E-state index is 5.24. The molecule has 1 unspecified atom stereocenters. The molecule has 12 heavy (non-hydrogen) atoms. The number of hydrogen-bond donors (Lipinski definition) is 1. The fourth-order valence-corrected chi connectivity index (χ4v) is 0.960. The van der Waals surface area contributed by atoms with Gasteiger partial charge in [-0.1, -0.05) is 18.1 Å². The minimum Gasteiger partial charge on any atom is -0.297 e. The van der Waals surface area contributed by atoms with E-state index >= 15 is 0 Å². The van der Waals surface area contributed by atoms with E-state index in [-0.39, 0.29) is 6.10 Å². The Morgan fingerprint density at radius 2 is 2.33 bits per heavy atom. The average Bonchev–Trinajstić information content (AvgIpc) is 2.17. The first-order valence-electron chi connectivity index (χ1n) is 3.70. The van der Waals surface area contributed by atoms with Gasteiger partial charge in [-0.3, -0.25) is 4.84 Å². The third-order valence-corrected chi connectivity index (χ3v) is 1.73. The lowest BCUT2D eigenvalue weighted by atomic mass is 10.1. The van der Waals surface area contributed by atoms with Gasteiger partial charge in [-0.15, -0.1) is 6.42 Å². The summed E-state index contributed by atoms with van der Waals surface area (Å²) in [6.45, 7) is 1.87. The third kappa shape index (κ3) is 1.85. The maximum Gasteiger partial charge on any atom is 0.101 e. The highest BCUT2D eigenvalue weighted by Gasteiger charge is 2.03. The van der Waals surface area contributed by atoms with Crippen LogP contribution in [0.2, 0.25) is 0 Å². The standard InChI is InChI=1S/C10H11NO/c1-3-9-5-4-6-10(7-9)8(2)12-11/h1,4-8H,11H2,2H3. The van der Waals surface area contributed by atoms with Crippen molar-refractivity contribution < 1.29 is 4.84 Å². The predicted molar refractivity (Wildman–Crippen MR) is 48.1 cm³/mol. The van der Waals surface area contributed by atoms with Crippen molar-refractivity contribution in [2.45, 2.75) is 13.0 Å². The van der Waals surface area contributed by atoms with E-state index in [2.05, 4.69) is 10.8 Å². The number of rotatable bonds is 2. The second-order valence-corrected chi connectivity index (χ2v) is 2.55. The first kappa shape index (κ1) is 8.79. The molecule has 0 aliphatic heterocycles. The Bertz CT molecular complexity index is 301. The van der Waals surface area contributed by atoms with Gasteiger partial charge >= 0.3 is 0 Å². The number of terminal acetylenes is 1. The van der Waals surface area contributed by atoms with Crippen molar-refractivity contribution in [1.29, 1.82) is 0 Å². The molecular formula is C10H11NO. The van der Waals surface area contributed by atoms with Crippen molar-refractivity contribution in [1.82, 2.24) is 0 Å². The van der Waals surface area contributed by atoms with E-state index in [1.807, 2.05) is 31.2 Å². The molecular weight excluding hydrogens is 150 g/mol. The van der Waals surface area contributed by atoms with Crippen LogP contribution in [0.5, 0.6) is 0 Å². The molecule has 1 aromatic carbocycles. The summed E-state index contributed by atoms with van der Waals surface area (Å²) in [5, 5.41) is 0. The molecule has 0 spiro atoms. The molecule has 62 valence electrons. The highest BCUT2D eigenvalue weighted by atomic mass is 16.6. The molecule has 2 N–H and O–H groups in total. The van der Waals surface area contributed by atoms with Crippen LogP contribution in [0.4, 0.5) is 0 Å². The Labute approximate surface area is 72.3 Å². The lowest BCUT2D eigenvalue weighted by Gasteiger charge is -2.08. The van der Waals surface area contributed by atoms with Gasteiger partial charge in [0.25, 0.3) is 0 Å². The first-order chi connectivity index (χ1) is 5.77. The van der Waals surface area contributed by atoms with Gasteiger partial charge in [-0.2, -0.15) is 0 Å². The van der Waals surface area contributed by atoms with E-state index in [1.165, 1.54) is 0 Å². The van der Waals surface area contributed by atoms with Crippen LogP contribution in [0.25, 0.3) is 0 Å². The molecule has 0 heterocycles.